The number of nitro benzene ring substituents is 1. The molecule has 0 bridgehead atoms. The predicted octanol–water partition coefficient (Wildman–Crippen LogP) is 1.58. The summed E-state index contributed by atoms with van der Waals surface area (Å²) >= 11 is 0. The number of non-ortho nitro benzene ring substituents is 1. The van der Waals surface area contributed by atoms with Gasteiger partial charge in [-0.2, -0.15) is 0 Å². The third-order valence-corrected chi connectivity index (χ3v) is 4.04. The SMILES string of the molecule is O=C(NCC1(CO)CC1)c1c[nH]c2ccc([N+](=O)[O-])cc12. The Kier molecular flexibility index (Phi) is 3.13. The van der Waals surface area contributed by atoms with E-state index in [-0.39, 0.29) is 23.6 Å². The van der Waals surface area contributed by atoms with Crippen molar-refractivity contribution in [1.29, 1.82) is 0 Å². The first-order valence-electron chi connectivity index (χ1n) is 6.69. The molecular weight excluding hydrogens is 274 g/mol. The fourth-order valence-corrected chi connectivity index (χ4v) is 2.34. The first kappa shape index (κ1) is 13.6. The van der Waals surface area contributed by atoms with Crippen LogP contribution in [0.3, 0.4) is 0 Å². The van der Waals surface area contributed by atoms with Crippen LogP contribution in [0.15, 0.2) is 24.4 Å². The van der Waals surface area contributed by atoms with Gasteiger partial charge in [0.2, 0.25) is 0 Å². The van der Waals surface area contributed by atoms with Crippen molar-refractivity contribution in [2.45, 2.75) is 12.8 Å². The Morgan fingerprint density at radius 2 is 2.24 bits per heavy atom. The molecule has 1 heterocycles. The first-order chi connectivity index (χ1) is 10.0. The molecule has 1 amide bonds. The summed E-state index contributed by atoms with van der Waals surface area (Å²) in [5.41, 5.74) is 0.829. The van der Waals surface area contributed by atoms with E-state index in [1.54, 1.807) is 12.3 Å². The number of aliphatic hydroxyl groups is 1. The van der Waals surface area contributed by atoms with Crippen molar-refractivity contribution >= 4 is 22.5 Å². The van der Waals surface area contributed by atoms with Crippen LogP contribution < -0.4 is 5.32 Å². The molecule has 0 atom stereocenters. The van der Waals surface area contributed by atoms with Gasteiger partial charge in [-0.15, -0.1) is 0 Å². The number of aromatic amines is 1. The van der Waals surface area contributed by atoms with Crippen LogP contribution in [0.1, 0.15) is 23.2 Å². The monoisotopic (exact) mass is 289 g/mol. The molecule has 3 N–H and O–H groups in total. The van der Waals surface area contributed by atoms with Gasteiger partial charge in [-0.1, -0.05) is 0 Å². The van der Waals surface area contributed by atoms with E-state index >= 15 is 0 Å². The van der Waals surface area contributed by atoms with Gasteiger partial charge in [0.25, 0.3) is 11.6 Å². The summed E-state index contributed by atoms with van der Waals surface area (Å²) in [5.74, 6) is -0.290. The fourth-order valence-electron chi connectivity index (χ4n) is 2.34. The number of hydrogen-bond acceptors (Lipinski definition) is 4. The molecular formula is C14H15N3O4. The number of aromatic nitrogens is 1. The minimum atomic E-state index is -0.487. The summed E-state index contributed by atoms with van der Waals surface area (Å²) in [6.07, 6.45) is 3.36. The molecule has 7 heteroatoms. The molecule has 0 aliphatic heterocycles. The molecule has 3 rings (SSSR count). The third kappa shape index (κ3) is 2.47. The zero-order chi connectivity index (χ0) is 15.0. The summed E-state index contributed by atoms with van der Waals surface area (Å²) in [6.45, 7) is 0.483. The van der Waals surface area contributed by atoms with E-state index in [0.29, 0.717) is 23.0 Å². The summed E-state index contributed by atoms with van der Waals surface area (Å²) < 4.78 is 0. The molecule has 0 radical (unpaired) electrons. The Hall–Kier alpha value is -2.41. The molecule has 7 nitrogen and oxygen atoms in total. The fraction of sp³-hybridized carbons (Fsp3) is 0.357. The summed E-state index contributed by atoms with van der Waals surface area (Å²) in [4.78, 5) is 25.5. The Bertz CT molecular complexity index is 718. The molecule has 0 saturated heterocycles. The Labute approximate surface area is 120 Å². The highest BCUT2D eigenvalue weighted by Crippen LogP contribution is 2.44. The molecule has 0 unspecified atom stereocenters. The van der Waals surface area contributed by atoms with Gasteiger partial charge in [0, 0.05) is 41.2 Å². The van der Waals surface area contributed by atoms with Crippen LogP contribution in [0, 0.1) is 15.5 Å². The second kappa shape index (κ2) is 4.85. The van der Waals surface area contributed by atoms with Crippen molar-refractivity contribution < 1.29 is 14.8 Å². The second-order valence-electron chi connectivity index (χ2n) is 5.53. The molecule has 110 valence electrons. The van der Waals surface area contributed by atoms with Gasteiger partial charge in [0.1, 0.15) is 0 Å². The van der Waals surface area contributed by atoms with Crippen LogP contribution in [0.2, 0.25) is 0 Å². The van der Waals surface area contributed by atoms with E-state index in [1.807, 2.05) is 0 Å². The second-order valence-corrected chi connectivity index (χ2v) is 5.53. The van der Waals surface area contributed by atoms with Gasteiger partial charge < -0.3 is 15.4 Å². The number of hydrogen-bond donors (Lipinski definition) is 3. The van der Waals surface area contributed by atoms with E-state index in [1.165, 1.54) is 12.1 Å². The predicted molar refractivity (Wildman–Crippen MR) is 76.0 cm³/mol. The zero-order valence-corrected chi connectivity index (χ0v) is 11.3. The third-order valence-electron chi connectivity index (χ3n) is 4.04. The number of amides is 1. The lowest BCUT2D eigenvalue weighted by Crippen LogP contribution is -2.31. The number of nitro groups is 1. The van der Waals surface area contributed by atoms with Crippen molar-refractivity contribution in [3.05, 3.63) is 40.1 Å². The topological polar surface area (TPSA) is 108 Å². The van der Waals surface area contributed by atoms with Crippen molar-refractivity contribution in [2.75, 3.05) is 13.2 Å². The van der Waals surface area contributed by atoms with Crippen LogP contribution in [0.5, 0.6) is 0 Å². The molecule has 1 aromatic carbocycles. The van der Waals surface area contributed by atoms with Crippen LogP contribution >= 0.6 is 0 Å². The summed E-state index contributed by atoms with van der Waals surface area (Å²) in [6, 6.07) is 4.37. The van der Waals surface area contributed by atoms with Gasteiger partial charge in [-0.05, 0) is 18.9 Å². The summed E-state index contributed by atoms with van der Waals surface area (Å²) in [7, 11) is 0. The van der Waals surface area contributed by atoms with Crippen LogP contribution in [0.4, 0.5) is 5.69 Å². The molecule has 1 fully saturated rings. The van der Waals surface area contributed by atoms with Crippen molar-refractivity contribution in [1.82, 2.24) is 10.3 Å². The summed E-state index contributed by atoms with van der Waals surface area (Å²) in [5, 5.41) is 23.4. The molecule has 2 aromatic rings. The molecule has 1 aliphatic carbocycles. The molecule has 1 saturated carbocycles. The highest BCUT2D eigenvalue weighted by molar-refractivity contribution is 6.07. The van der Waals surface area contributed by atoms with Crippen molar-refractivity contribution in [2.24, 2.45) is 5.41 Å². The quantitative estimate of drug-likeness (QED) is 0.573. The number of nitrogens with one attached hydrogen (secondary N) is 2. The smallest absolute Gasteiger partial charge is 0.270 e. The Balaban J connectivity index is 1.84. The van der Waals surface area contributed by atoms with Gasteiger partial charge in [0.15, 0.2) is 0 Å². The number of carbonyl (C=O) groups is 1. The van der Waals surface area contributed by atoms with Gasteiger partial charge in [-0.3, -0.25) is 14.9 Å². The number of rotatable bonds is 5. The minimum absolute atomic E-state index is 0.0508. The van der Waals surface area contributed by atoms with Crippen LogP contribution in [-0.2, 0) is 0 Å². The Morgan fingerprint density at radius 3 is 2.86 bits per heavy atom. The minimum Gasteiger partial charge on any atom is -0.396 e. The van der Waals surface area contributed by atoms with E-state index in [9.17, 15) is 20.0 Å². The maximum atomic E-state index is 12.2. The number of benzene rings is 1. The van der Waals surface area contributed by atoms with Gasteiger partial charge in [-0.25, -0.2) is 0 Å². The maximum absolute atomic E-state index is 12.2. The van der Waals surface area contributed by atoms with E-state index in [4.69, 9.17) is 0 Å². The number of aliphatic hydroxyl groups excluding tert-OH is 1. The lowest BCUT2D eigenvalue weighted by molar-refractivity contribution is -0.384. The van der Waals surface area contributed by atoms with Crippen molar-refractivity contribution in [3.63, 3.8) is 0 Å². The molecule has 1 aromatic heterocycles. The molecule has 21 heavy (non-hydrogen) atoms. The van der Waals surface area contributed by atoms with Crippen molar-refractivity contribution in [3.8, 4) is 0 Å². The maximum Gasteiger partial charge on any atom is 0.270 e. The lowest BCUT2D eigenvalue weighted by atomic mass is 10.1. The average Bonchev–Trinajstić information content (AvgIpc) is 3.15. The highest BCUT2D eigenvalue weighted by atomic mass is 16.6. The normalized spacial score (nSPS) is 15.9. The molecule has 0 spiro atoms. The molecule has 1 aliphatic rings. The standard InChI is InChI=1S/C14H15N3O4/c18-8-14(3-4-14)7-16-13(19)11-6-15-12-2-1-9(17(20)21)5-10(11)12/h1-2,5-6,15,18H,3-4,7-8H2,(H,16,19). The zero-order valence-electron chi connectivity index (χ0n) is 11.3. The van der Waals surface area contributed by atoms with Gasteiger partial charge >= 0.3 is 0 Å². The first-order valence-corrected chi connectivity index (χ1v) is 6.69. The van der Waals surface area contributed by atoms with Gasteiger partial charge in [0.05, 0.1) is 17.1 Å². The van der Waals surface area contributed by atoms with E-state index in [2.05, 4.69) is 10.3 Å². The van der Waals surface area contributed by atoms with E-state index in [0.717, 1.165) is 12.8 Å². The number of H-pyrrole nitrogens is 1. The average molecular weight is 289 g/mol. The number of carbonyl (C=O) groups excluding carboxylic acids is 1. The van der Waals surface area contributed by atoms with Crippen LogP contribution in [-0.4, -0.2) is 34.1 Å². The number of fused-ring (bicyclic) bond motifs is 1. The van der Waals surface area contributed by atoms with E-state index < -0.39 is 4.92 Å². The number of nitrogens with zero attached hydrogens (tertiary/aromatic N) is 1. The Morgan fingerprint density at radius 1 is 1.48 bits per heavy atom. The van der Waals surface area contributed by atoms with Crippen LogP contribution in [0.25, 0.3) is 10.9 Å². The lowest BCUT2D eigenvalue weighted by Gasteiger charge is -2.12. The highest BCUT2D eigenvalue weighted by Gasteiger charge is 2.42. The largest absolute Gasteiger partial charge is 0.396 e.